The molecule has 2 rings (SSSR count). The number of esters is 1. The number of hydrogen-bond acceptors (Lipinski definition) is 5. The van der Waals surface area contributed by atoms with Gasteiger partial charge in [-0.3, -0.25) is 4.79 Å². The number of methoxy groups -OCH3 is 2. The van der Waals surface area contributed by atoms with E-state index >= 15 is 0 Å². The third kappa shape index (κ3) is 4.39. The van der Waals surface area contributed by atoms with Crippen LogP contribution in [0.3, 0.4) is 0 Å². The first-order valence-electron chi connectivity index (χ1n) is 7.09. The molecule has 24 heavy (non-hydrogen) atoms. The molecule has 0 aliphatic rings. The lowest BCUT2D eigenvalue weighted by Crippen LogP contribution is -2.23. The number of carbonyl (C=O) groups is 2. The van der Waals surface area contributed by atoms with Crippen LogP contribution >= 0.6 is 11.6 Å². The van der Waals surface area contributed by atoms with Gasteiger partial charge in [-0.1, -0.05) is 23.7 Å². The summed E-state index contributed by atoms with van der Waals surface area (Å²) < 4.78 is 9.89. The number of carbonyl (C=O) groups excluding carboxylic acids is 2. The van der Waals surface area contributed by atoms with Gasteiger partial charge in [0.15, 0.2) is 0 Å². The molecule has 0 bridgehead atoms. The van der Waals surface area contributed by atoms with Crippen LogP contribution in [-0.2, 0) is 9.53 Å². The minimum Gasteiger partial charge on any atom is -0.495 e. The van der Waals surface area contributed by atoms with E-state index in [2.05, 4.69) is 10.6 Å². The molecule has 0 aliphatic carbocycles. The van der Waals surface area contributed by atoms with Crippen molar-refractivity contribution in [2.45, 2.75) is 0 Å². The van der Waals surface area contributed by atoms with Crippen molar-refractivity contribution in [2.24, 2.45) is 0 Å². The van der Waals surface area contributed by atoms with Crippen molar-refractivity contribution in [1.29, 1.82) is 0 Å². The van der Waals surface area contributed by atoms with Crippen molar-refractivity contribution in [3.63, 3.8) is 0 Å². The van der Waals surface area contributed by atoms with Crippen LogP contribution in [-0.4, -0.2) is 32.6 Å². The summed E-state index contributed by atoms with van der Waals surface area (Å²) in [5.41, 5.74) is 1.34. The van der Waals surface area contributed by atoms with E-state index in [1.54, 1.807) is 42.5 Å². The highest BCUT2D eigenvalue weighted by molar-refractivity contribution is 6.31. The molecule has 0 unspecified atom stereocenters. The molecule has 7 heteroatoms. The Balaban J connectivity index is 2.05. The van der Waals surface area contributed by atoms with Gasteiger partial charge in [0.1, 0.15) is 5.75 Å². The van der Waals surface area contributed by atoms with Gasteiger partial charge in [-0.15, -0.1) is 0 Å². The smallest absolute Gasteiger partial charge is 0.339 e. The summed E-state index contributed by atoms with van der Waals surface area (Å²) >= 11 is 5.93. The number of nitrogens with one attached hydrogen (secondary N) is 2. The molecule has 0 aliphatic heterocycles. The topological polar surface area (TPSA) is 76.7 Å². The maximum absolute atomic E-state index is 12.1. The third-order valence-corrected chi connectivity index (χ3v) is 3.44. The van der Waals surface area contributed by atoms with E-state index in [-0.39, 0.29) is 12.5 Å². The number of ether oxygens (including phenoxy) is 2. The Morgan fingerprint density at radius 1 is 1.08 bits per heavy atom. The Kier molecular flexibility index (Phi) is 6.03. The molecule has 0 saturated heterocycles. The van der Waals surface area contributed by atoms with Gasteiger partial charge < -0.3 is 20.1 Å². The van der Waals surface area contributed by atoms with E-state index in [1.807, 2.05) is 0 Å². The van der Waals surface area contributed by atoms with Crippen LogP contribution in [0, 0.1) is 0 Å². The lowest BCUT2D eigenvalue weighted by atomic mass is 10.2. The van der Waals surface area contributed by atoms with Crippen molar-refractivity contribution >= 4 is 34.9 Å². The summed E-state index contributed by atoms with van der Waals surface area (Å²) in [7, 11) is 2.81. The minimum atomic E-state index is -0.477. The van der Waals surface area contributed by atoms with Crippen LogP contribution in [0.25, 0.3) is 0 Å². The lowest BCUT2D eigenvalue weighted by Gasteiger charge is -2.13. The molecule has 0 heterocycles. The number of para-hydroxylation sites is 1. The van der Waals surface area contributed by atoms with Crippen LogP contribution < -0.4 is 15.4 Å². The van der Waals surface area contributed by atoms with Gasteiger partial charge in [0.25, 0.3) is 0 Å². The maximum Gasteiger partial charge on any atom is 0.339 e. The first kappa shape index (κ1) is 17.6. The summed E-state index contributed by atoms with van der Waals surface area (Å²) in [6.07, 6.45) is 0. The summed E-state index contributed by atoms with van der Waals surface area (Å²) in [5, 5.41) is 6.10. The zero-order chi connectivity index (χ0) is 17.5. The average Bonchev–Trinajstić information content (AvgIpc) is 2.59. The monoisotopic (exact) mass is 348 g/mol. The summed E-state index contributed by atoms with van der Waals surface area (Å²) in [6.45, 7) is -0.0380. The quantitative estimate of drug-likeness (QED) is 0.784. The van der Waals surface area contributed by atoms with E-state index in [4.69, 9.17) is 21.1 Å². The first-order chi connectivity index (χ1) is 11.5. The fraction of sp³-hybridized carbons (Fsp3) is 0.176. The molecule has 1 amide bonds. The van der Waals surface area contributed by atoms with Crippen LogP contribution in [0.1, 0.15) is 10.4 Å². The van der Waals surface area contributed by atoms with Crippen LogP contribution in [0.2, 0.25) is 5.02 Å². The highest BCUT2D eigenvalue weighted by Gasteiger charge is 2.13. The number of hydrogen-bond donors (Lipinski definition) is 2. The van der Waals surface area contributed by atoms with Gasteiger partial charge in [0.05, 0.1) is 32.0 Å². The normalized spacial score (nSPS) is 9.96. The van der Waals surface area contributed by atoms with E-state index in [0.29, 0.717) is 27.7 Å². The van der Waals surface area contributed by atoms with Gasteiger partial charge in [-0.25, -0.2) is 4.79 Å². The highest BCUT2D eigenvalue weighted by atomic mass is 35.5. The Labute approximate surface area is 144 Å². The summed E-state index contributed by atoms with van der Waals surface area (Å²) in [4.78, 5) is 23.8. The third-order valence-electron chi connectivity index (χ3n) is 3.21. The van der Waals surface area contributed by atoms with Crippen molar-refractivity contribution in [1.82, 2.24) is 0 Å². The van der Waals surface area contributed by atoms with Gasteiger partial charge in [-0.05, 0) is 30.3 Å². The average molecular weight is 349 g/mol. The van der Waals surface area contributed by atoms with Crippen molar-refractivity contribution in [3.05, 3.63) is 53.1 Å². The predicted octanol–water partition coefficient (Wildman–Crippen LogP) is 3.19. The Morgan fingerprint density at radius 3 is 2.54 bits per heavy atom. The summed E-state index contributed by atoms with van der Waals surface area (Å²) in [6, 6.07) is 11.7. The number of halogens is 1. The van der Waals surface area contributed by atoms with Gasteiger partial charge in [0.2, 0.25) is 5.91 Å². The molecule has 2 aromatic rings. The van der Waals surface area contributed by atoms with Crippen molar-refractivity contribution in [2.75, 3.05) is 31.4 Å². The molecule has 0 saturated carbocycles. The van der Waals surface area contributed by atoms with Crippen molar-refractivity contribution < 1.29 is 19.1 Å². The second-order valence-electron chi connectivity index (χ2n) is 4.78. The molecule has 0 spiro atoms. The molecule has 0 aromatic heterocycles. The second kappa shape index (κ2) is 8.21. The fourth-order valence-electron chi connectivity index (χ4n) is 2.07. The highest BCUT2D eigenvalue weighted by Crippen LogP contribution is 2.27. The summed E-state index contributed by atoms with van der Waals surface area (Å²) in [5.74, 6) is -0.284. The standard InChI is InChI=1S/C17H17ClN2O4/c1-23-15-8-7-11(18)9-14(15)20-16(21)10-19-13-6-4-3-5-12(13)17(22)24-2/h3-9,19H,10H2,1-2H3,(H,20,21). The van der Waals surface area contributed by atoms with E-state index < -0.39 is 5.97 Å². The fourth-order valence-corrected chi connectivity index (χ4v) is 2.25. The molecule has 0 fully saturated rings. The van der Waals surface area contributed by atoms with Crippen LogP contribution in [0.4, 0.5) is 11.4 Å². The zero-order valence-corrected chi connectivity index (χ0v) is 14.0. The molecule has 2 aromatic carbocycles. The molecule has 2 N–H and O–H groups in total. The van der Waals surface area contributed by atoms with E-state index in [0.717, 1.165) is 0 Å². The molecular weight excluding hydrogens is 332 g/mol. The van der Waals surface area contributed by atoms with Crippen LogP contribution in [0.15, 0.2) is 42.5 Å². The van der Waals surface area contributed by atoms with E-state index in [1.165, 1.54) is 14.2 Å². The lowest BCUT2D eigenvalue weighted by molar-refractivity contribution is -0.114. The van der Waals surface area contributed by atoms with E-state index in [9.17, 15) is 9.59 Å². The largest absolute Gasteiger partial charge is 0.495 e. The Bertz CT molecular complexity index is 749. The van der Waals surface area contributed by atoms with Gasteiger partial charge in [-0.2, -0.15) is 0 Å². The number of benzene rings is 2. The predicted molar refractivity (Wildman–Crippen MR) is 92.9 cm³/mol. The maximum atomic E-state index is 12.1. The van der Waals surface area contributed by atoms with Crippen molar-refractivity contribution in [3.8, 4) is 5.75 Å². The Hall–Kier alpha value is -2.73. The SMILES string of the molecule is COC(=O)c1ccccc1NCC(=O)Nc1cc(Cl)ccc1OC. The van der Waals surface area contributed by atoms with Crippen LogP contribution in [0.5, 0.6) is 5.75 Å². The molecule has 126 valence electrons. The number of rotatable bonds is 6. The molecular formula is C17H17ClN2O4. The zero-order valence-electron chi connectivity index (χ0n) is 13.3. The second-order valence-corrected chi connectivity index (χ2v) is 5.22. The first-order valence-corrected chi connectivity index (χ1v) is 7.47. The number of anilines is 2. The molecule has 0 radical (unpaired) electrons. The molecule has 6 nitrogen and oxygen atoms in total. The number of amides is 1. The molecule has 0 atom stereocenters. The Morgan fingerprint density at radius 2 is 1.83 bits per heavy atom. The van der Waals surface area contributed by atoms with Gasteiger partial charge >= 0.3 is 5.97 Å². The minimum absolute atomic E-state index is 0.0380. The van der Waals surface area contributed by atoms with Gasteiger partial charge in [0, 0.05) is 10.7 Å².